The summed E-state index contributed by atoms with van der Waals surface area (Å²) in [5, 5.41) is 3.03. The number of carbonyl (C=O) groups is 1. The quantitative estimate of drug-likeness (QED) is 0.902. The lowest BCUT2D eigenvalue weighted by atomic mass is 10.1. The molecule has 1 aliphatic heterocycles. The van der Waals surface area contributed by atoms with E-state index in [1.165, 1.54) is 5.56 Å². The summed E-state index contributed by atoms with van der Waals surface area (Å²) in [4.78, 5) is 13.0. The molecule has 2 nitrogen and oxygen atoms in total. The second kappa shape index (κ2) is 5.97. The predicted octanol–water partition coefficient (Wildman–Crippen LogP) is 3.98. The standard InChI is InChI=1S/C17H15NOS/c19-17-11-15(13-7-3-1-4-8-13)20-16(12-18-17)14-9-5-2-6-10-14/h1-10,12,15H,11H2,(H,18,19). The Morgan fingerprint density at radius 3 is 2.30 bits per heavy atom. The molecule has 1 unspecified atom stereocenters. The molecule has 1 aliphatic rings. The van der Waals surface area contributed by atoms with Crippen LogP contribution in [0.25, 0.3) is 4.91 Å². The zero-order chi connectivity index (χ0) is 13.8. The molecule has 0 saturated carbocycles. The molecule has 1 atom stereocenters. The van der Waals surface area contributed by atoms with Crippen molar-refractivity contribution < 1.29 is 4.79 Å². The smallest absolute Gasteiger partial charge is 0.225 e. The van der Waals surface area contributed by atoms with Crippen LogP contribution in [0, 0.1) is 0 Å². The molecule has 1 amide bonds. The van der Waals surface area contributed by atoms with E-state index in [0.29, 0.717) is 6.42 Å². The molecule has 1 heterocycles. The lowest BCUT2D eigenvalue weighted by Gasteiger charge is -2.15. The van der Waals surface area contributed by atoms with E-state index in [-0.39, 0.29) is 11.2 Å². The maximum Gasteiger partial charge on any atom is 0.225 e. The average molecular weight is 281 g/mol. The SMILES string of the molecule is O=C1CC(c2ccccc2)SC(c2ccccc2)=CN1. The van der Waals surface area contributed by atoms with Gasteiger partial charge < -0.3 is 5.32 Å². The second-order valence-electron chi connectivity index (χ2n) is 4.66. The third-order valence-corrected chi connectivity index (χ3v) is 4.56. The molecule has 0 bridgehead atoms. The number of nitrogens with one attached hydrogen (secondary N) is 1. The second-order valence-corrected chi connectivity index (χ2v) is 5.91. The highest BCUT2D eigenvalue weighted by Gasteiger charge is 2.21. The van der Waals surface area contributed by atoms with Gasteiger partial charge in [0.05, 0.1) is 0 Å². The molecule has 3 rings (SSSR count). The van der Waals surface area contributed by atoms with Crippen molar-refractivity contribution in [3.05, 3.63) is 78.0 Å². The summed E-state index contributed by atoms with van der Waals surface area (Å²) in [5.41, 5.74) is 2.33. The molecule has 0 saturated heterocycles. The number of thioether (sulfide) groups is 1. The first kappa shape index (κ1) is 13.0. The van der Waals surface area contributed by atoms with E-state index in [4.69, 9.17) is 0 Å². The maximum absolute atomic E-state index is 11.9. The Morgan fingerprint density at radius 1 is 0.950 bits per heavy atom. The van der Waals surface area contributed by atoms with Gasteiger partial charge in [0, 0.05) is 22.8 Å². The van der Waals surface area contributed by atoms with Gasteiger partial charge in [0.15, 0.2) is 0 Å². The Bertz CT molecular complexity index is 622. The molecule has 0 aliphatic carbocycles. The highest BCUT2D eigenvalue weighted by Crippen LogP contribution is 2.42. The highest BCUT2D eigenvalue weighted by molar-refractivity contribution is 8.08. The summed E-state index contributed by atoms with van der Waals surface area (Å²) in [6, 6.07) is 20.4. The van der Waals surface area contributed by atoms with Gasteiger partial charge in [-0.25, -0.2) is 0 Å². The molecule has 0 fully saturated rings. The molecule has 0 spiro atoms. The molecule has 2 aromatic rings. The van der Waals surface area contributed by atoms with Crippen molar-refractivity contribution in [3.63, 3.8) is 0 Å². The summed E-state index contributed by atoms with van der Waals surface area (Å²) in [7, 11) is 0. The molecule has 1 N–H and O–H groups in total. The van der Waals surface area contributed by atoms with Gasteiger partial charge in [-0.2, -0.15) is 0 Å². The summed E-state index contributed by atoms with van der Waals surface area (Å²) < 4.78 is 0. The lowest BCUT2D eigenvalue weighted by molar-refractivity contribution is -0.120. The van der Waals surface area contributed by atoms with Gasteiger partial charge in [-0.1, -0.05) is 60.7 Å². The molecule has 100 valence electrons. The summed E-state index contributed by atoms with van der Waals surface area (Å²) >= 11 is 1.74. The van der Waals surface area contributed by atoms with Crippen LogP contribution in [0.5, 0.6) is 0 Å². The van der Waals surface area contributed by atoms with Crippen LogP contribution < -0.4 is 5.32 Å². The van der Waals surface area contributed by atoms with Crippen molar-refractivity contribution in [1.29, 1.82) is 0 Å². The van der Waals surface area contributed by atoms with Gasteiger partial charge in [-0.05, 0) is 11.1 Å². The maximum atomic E-state index is 11.9. The third kappa shape index (κ3) is 2.94. The summed E-state index contributed by atoms with van der Waals surface area (Å²) in [5.74, 6) is 0.0669. The molecule has 20 heavy (non-hydrogen) atoms. The Balaban J connectivity index is 1.91. The topological polar surface area (TPSA) is 29.1 Å². The van der Waals surface area contributed by atoms with Crippen molar-refractivity contribution in [2.24, 2.45) is 0 Å². The molecule has 0 aromatic heterocycles. The molecular formula is C17H15NOS. The number of hydrogen-bond acceptors (Lipinski definition) is 2. The van der Waals surface area contributed by atoms with Gasteiger partial charge in [-0.15, -0.1) is 11.8 Å². The first-order valence-corrected chi connectivity index (χ1v) is 7.47. The van der Waals surface area contributed by atoms with Crippen LogP contribution in [0.2, 0.25) is 0 Å². The van der Waals surface area contributed by atoms with Crippen LogP contribution in [0.3, 0.4) is 0 Å². The van der Waals surface area contributed by atoms with Crippen LogP contribution in [-0.4, -0.2) is 5.91 Å². The number of benzene rings is 2. The van der Waals surface area contributed by atoms with E-state index in [1.807, 2.05) is 42.6 Å². The average Bonchev–Trinajstić information content (AvgIpc) is 2.71. The molecular weight excluding hydrogens is 266 g/mol. The Hall–Kier alpha value is -2.00. The molecule has 0 radical (unpaired) electrons. The summed E-state index contributed by atoms with van der Waals surface area (Å²) in [6.45, 7) is 0. The van der Waals surface area contributed by atoms with Crippen molar-refractivity contribution in [3.8, 4) is 0 Å². The van der Waals surface area contributed by atoms with Crippen LogP contribution >= 0.6 is 11.8 Å². The first-order chi connectivity index (χ1) is 9.83. The lowest BCUT2D eigenvalue weighted by Crippen LogP contribution is -2.16. The van der Waals surface area contributed by atoms with E-state index < -0.39 is 0 Å². The number of carbonyl (C=O) groups excluding carboxylic acids is 1. The van der Waals surface area contributed by atoms with Crippen molar-refractivity contribution in [1.82, 2.24) is 5.32 Å². The van der Waals surface area contributed by atoms with Gasteiger partial charge >= 0.3 is 0 Å². The number of amides is 1. The summed E-state index contributed by atoms with van der Waals surface area (Å²) in [6.07, 6.45) is 2.33. The van der Waals surface area contributed by atoms with Crippen molar-refractivity contribution in [2.45, 2.75) is 11.7 Å². The normalized spacial score (nSPS) is 18.9. The number of hydrogen-bond donors (Lipinski definition) is 1. The monoisotopic (exact) mass is 281 g/mol. The van der Waals surface area contributed by atoms with Crippen LogP contribution in [0.1, 0.15) is 22.8 Å². The van der Waals surface area contributed by atoms with E-state index in [0.717, 1.165) is 10.5 Å². The van der Waals surface area contributed by atoms with E-state index >= 15 is 0 Å². The van der Waals surface area contributed by atoms with E-state index in [1.54, 1.807) is 11.8 Å². The minimum absolute atomic E-state index is 0.0669. The fraction of sp³-hybridized carbons (Fsp3) is 0.118. The largest absolute Gasteiger partial charge is 0.331 e. The zero-order valence-electron chi connectivity index (χ0n) is 11.0. The fourth-order valence-corrected chi connectivity index (χ4v) is 3.44. The van der Waals surface area contributed by atoms with Crippen LogP contribution in [0.15, 0.2) is 66.9 Å². The van der Waals surface area contributed by atoms with Crippen molar-refractivity contribution >= 4 is 22.6 Å². The predicted molar refractivity (Wildman–Crippen MR) is 84.0 cm³/mol. The first-order valence-electron chi connectivity index (χ1n) is 6.59. The highest BCUT2D eigenvalue weighted by atomic mass is 32.2. The minimum Gasteiger partial charge on any atom is -0.331 e. The van der Waals surface area contributed by atoms with Crippen LogP contribution in [-0.2, 0) is 4.79 Å². The van der Waals surface area contributed by atoms with Gasteiger partial charge in [-0.3, -0.25) is 4.79 Å². The zero-order valence-corrected chi connectivity index (χ0v) is 11.8. The van der Waals surface area contributed by atoms with Gasteiger partial charge in [0.25, 0.3) is 0 Å². The van der Waals surface area contributed by atoms with Crippen molar-refractivity contribution in [2.75, 3.05) is 0 Å². The molecule has 2 aromatic carbocycles. The number of rotatable bonds is 2. The van der Waals surface area contributed by atoms with Crippen LogP contribution in [0.4, 0.5) is 0 Å². The third-order valence-electron chi connectivity index (χ3n) is 3.23. The minimum atomic E-state index is 0.0669. The molecule has 3 heteroatoms. The Kier molecular flexibility index (Phi) is 3.88. The van der Waals surface area contributed by atoms with E-state index in [2.05, 4.69) is 29.6 Å². The van der Waals surface area contributed by atoms with E-state index in [9.17, 15) is 4.79 Å². The Morgan fingerprint density at radius 2 is 1.60 bits per heavy atom. The Labute approximate surface area is 122 Å². The fourth-order valence-electron chi connectivity index (χ4n) is 2.21. The van der Waals surface area contributed by atoms with Gasteiger partial charge in [0.2, 0.25) is 5.91 Å². The van der Waals surface area contributed by atoms with Gasteiger partial charge in [0.1, 0.15) is 0 Å².